The van der Waals surface area contributed by atoms with E-state index >= 15 is 0 Å². The number of nitrogens with zero attached hydrogens (tertiary/aromatic N) is 2. The smallest absolute Gasteiger partial charge is 0.350 e. The maximum atomic E-state index is 11.6. The van der Waals surface area contributed by atoms with E-state index in [0.29, 0.717) is 33.8 Å². The molecule has 0 fully saturated rings. The van der Waals surface area contributed by atoms with Gasteiger partial charge >= 0.3 is 5.97 Å². The number of hydrogen-bond donors (Lipinski definition) is 1. The highest BCUT2D eigenvalue weighted by molar-refractivity contribution is 7.17. The standard InChI is InChI=1S/C17H21N3O4S/c1-5-9-24-14-12(7-6-8-13(14)22-3)10-18-20-17-19-11(2)15(25-17)16(21)23-4/h6-8,10H,5,9H2,1-4H3,(H,19,20)/b18-10-. The number of hydrogen-bond acceptors (Lipinski definition) is 8. The minimum Gasteiger partial charge on any atom is -0.493 e. The Balaban J connectivity index is 2.15. The highest BCUT2D eigenvalue weighted by Crippen LogP contribution is 2.30. The summed E-state index contributed by atoms with van der Waals surface area (Å²) in [5.74, 6) is 0.883. The Labute approximate surface area is 150 Å². The molecule has 134 valence electrons. The van der Waals surface area contributed by atoms with Crippen molar-refractivity contribution in [3.63, 3.8) is 0 Å². The van der Waals surface area contributed by atoms with Crippen LogP contribution in [0.4, 0.5) is 5.13 Å². The molecule has 8 heteroatoms. The maximum Gasteiger partial charge on any atom is 0.350 e. The van der Waals surface area contributed by atoms with E-state index in [1.807, 2.05) is 25.1 Å². The minimum absolute atomic E-state index is 0.407. The summed E-state index contributed by atoms with van der Waals surface area (Å²) in [4.78, 5) is 16.3. The first kappa shape index (κ1) is 18.7. The van der Waals surface area contributed by atoms with Gasteiger partial charge in [0, 0.05) is 5.56 Å². The summed E-state index contributed by atoms with van der Waals surface area (Å²) in [6.07, 6.45) is 2.52. The molecular formula is C17H21N3O4S. The Hall–Kier alpha value is -2.61. The van der Waals surface area contributed by atoms with E-state index in [0.717, 1.165) is 12.0 Å². The maximum absolute atomic E-state index is 11.6. The third kappa shape index (κ3) is 4.69. The molecule has 0 radical (unpaired) electrons. The van der Waals surface area contributed by atoms with Crippen molar-refractivity contribution in [3.8, 4) is 11.5 Å². The second kappa shape index (κ2) is 9.03. The lowest BCUT2D eigenvalue weighted by Gasteiger charge is -2.12. The Morgan fingerprint density at radius 2 is 2.20 bits per heavy atom. The number of aromatic nitrogens is 1. The van der Waals surface area contributed by atoms with Crippen molar-refractivity contribution in [2.75, 3.05) is 26.3 Å². The van der Waals surface area contributed by atoms with E-state index in [-0.39, 0.29) is 0 Å². The van der Waals surface area contributed by atoms with Gasteiger partial charge in [0.2, 0.25) is 5.13 Å². The quantitative estimate of drug-likeness (QED) is 0.439. The van der Waals surface area contributed by atoms with Gasteiger partial charge in [-0.1, -0.05) is 24.3 Å². The molecule has 0 unspecified atom stereocenters. The number of benzene rings is 1. The number of carbonyl (C=O) groups is 1. The molecule has 1 aromatic heterocycles. The van der Waals surface area contributed by atoms with E-state index < -0.39 is 5.97 Å². The first-order valence-corrected chi connectivity index (χ1v) is 8.57. The SMILES string of the molecule is CCCOc1c(/C=N\Nc2nc(C)c(C(=O)OC)s2)cccc1OC. The van der Waals surface area contributed by atoms with Crippen LogP contribution in [0.15, 0.2) is 23.3 Å². The molecule has 0 aliphatic carbocycles. The summed E-state index contributed by atoms with van der Waals surface area (Å²) in [5, 5.41) is 4.69. The van der Waals surface area contributed by atoms with Crippen LogP contribution in [-0.2, 0) is 4.74 Å². The molecule has 0 aliphatic heterocycles. The molecule has 0 aliphatic rings. The van der Waals surface area contributed by atoms with E-state index in [1.54, 1.807) is 20.2 Å². The first-order valence-electron chi connectivity index (χ1n) is 7.75. The lowest BCUT2D eigenvalue weighted by molar-refractivity contribution is 0.0605. The number of nitrogens with one attached hydrogen (secondary N) is 1. The first-order chi connectivity index (χ1) is 12.1. The molecule has 25 heavy (non-hydrogen) atoms. The predicted molar refractivity (Wildman–Crippen MR) is 98.2 cm³/mol. The van der Waals surface area contributed by atoms with Crippen LogP contribution in [0.5, 0.6) is 11.5 Å². The van der Waals surface area contributed by atoms with Crippen LogP contribution in [0, 0.1) is 6.92 Å². The number of carbonyl (C=O) groups excluding carboxylic acids is 1. The molecule has 0 bridgehead atoms. The molecule has 0 amide bonds. The fourth-order valence-electron chi connectivity index (χ4n) is 2.04. The summed E-state index contributed by atoms with van der Waals surface area (Å²) < 4.78 is 15.8. The van der Waals surface area contributed by atoms with Crippen LogP contribution in [0.2, 0.25) is 0 Å². The Bertz CT molecular complexity index is 758. The number of para-hydroxylation sites is 1. The van der Waals surface area contributed by atoms with Crippen molar-refractivity contribution in [3.05, 3.63) is 34.3 Å². The molecule has 0 spiro atoms. The zero-order chi connectivity index (χ0) is 18.2. The van der Waals surface area contributed by atoms with Crippen LogP contribution < -0.4 is 14.9 Å². The van der Waals surface area contributed by atoms with Gasteiger partial charge in [0.25, 0.3) is 0 Å². The molecule has 7 nitrogen and oxygen atoms in total. The topological polar surface area (TPSA) is 82.0 Å². The lowest BCUT2D eigenvalue weighted by Crippen LogP contribution is -2.01. The third-order valence-electron chi connectivity index (χ3n) is 3.21. The number of thiazole rings is 1. The van der Waals surface area contributed by atoms with Crippen LogP contribution >= 0.6 is 11.3 Å². The van der Waals surface area contributed by atoms with E-state index in [2.05, 4.69) is 15.5 Å². The molecule has 1 heterocycles. The number of methoxy groups -OCH3 is 2. The van der Waals surface area contributed by atoms with Crippen LogP contribution in [0.25, 0.3) is 0 Å². The molecule has 2 aromatic rings. The number of hydrazone groups is 1. The Morgan fingerprint density at radius 3 is 2.88 bits per heavy atom. The van der Waals surface area contributed by atoms with E-state index in [4.69, 9.17) is 14.2 Å². The predicted octanol–water partition coefficient (Wildman–Crippen LogP) is 3.48. The number of esters is 1. The zero-order valence-electron chi connectivity index (χ0n) is 14.7. The second-order valence-corrected chi connectivity index (χ2v) is 6.02. The van der Waals surface area contributed by atoms with Gasteiger partial charge in [0.15, 0.2) is 11.5 Å². The van der Waals surface area contributed by atoms with Gasteiger partial charge < -0.3 is 14.2 Å². The summed E-state index contributed by atoms with van der Waals surface area (Å²) in [7, 11) is 2.94. The molecule has 0 saturated carbocycles. The number of rotatable bonds is 8. The van der Waals surface area contributed by atoms with Gasteiger partial charge in [-0.05, 0) is 25.5 Å². The van der Waals surface area contributed by atoms with Gasteiger partial charge in [0.1, 0.15) is 4.88 Å². The number of ether oxygens (including phenoxy) is 3. The van der Waals surface area contributed by atoms with Crippen LogP contribution in [0.3, 0.4) is 0 Å². The Kier molecular flexibility index (Phi) is 6.76. The highest BCUT2D eigenvalue weighted by atomic mass is 32.1. The van der Waals surface area contributed by atoms with Crippen molar-refractivity contribution in [2.45, 2.75) is 20.3 Å². The molecule has 2 rings (SSSR count). The van der Waals surface area contributed by atoms with Gasteiger partial charge in [-0.25, -0.2) is 9.78 Å². The average molecular weight is 363 g/mol. The summed E-state index contributed by atoms with van der Waals surface area (Å²) in [6.45, 7) is 4.37. The summed E-state index contributed by atoms with van der Waals surface area (Å²) in [6, 6.07) is 5.58. The average Bonchev–Trinajstić information content (AvgIpc) is 3.00. The van der Waals surface area contributed by atoms with E-state index in [9.17, 15) is 4.79 Å². The van der Waals surface area contributed by atoms with Crippen molar-refractivity contribution in [1.29, 1.82) is 0 Å². The number of anilines is 1. The van der Waals surface area contributed by atoms with Crippen molar-refractivity contribution >= 4 is 28.7 Å². The van der Waals surface area contributed by atoms with Gasteiger partial charge in [-0.15, -0.1) is 0 Å². The van der Waals surface area contributed by atoms with Crippen LogP contribution in [-0.4, -0.2) is 38.0 Å². The summed E-state index contributed by atoms with van der Waals surface area (Å²) in [5.41, 5.74) is 4.21. The normalized spacial score (nSPS) is 10.7. The van der Waals surface area contributed by atoms with E-state index in [1.165, 1.54) is 18.4 Å². The molecular weight excluding hydrogens is 342 g/mol. The Morgan fingerprint density at radius 1 is 1.40 bits per heavy atom. The lowest BCUT2D eigenvalue weighted by atomic mass is 10.2. The zero-order valence-corrected chi connectivity index (χ0v) is 15.5. The van der Waals surface area contributed by atoms with Crippen molar-refractivity contribution in [2.24, 2.45) is 5.10 Å². The summed E-state index contributed by atoms with van der Waals surface area (Å²) >= 11 is 1.19. The van der Waals surface area contributed by atoms with Crippen LogP contribution in [0.1, 0.15) is 34.3 Å². The fourth-order valence-corrected chi connectivity index (χ4v) is 2.87. The molecule has 1 N–H and O–H groups in total. The molecule has 0 saturated heterocycles. The van der Waals surface area contributed by atoms with Gasteiger partial charge in [-0.2, -0.15) is 5.10 Å². The second-order valence-electron chi connectivity index (χ2n) is 5.02. The van der Waals surface area contributed by atoms with Gasteiger partial charge in [-0.3, -0.25) is 5.43 Å². The highest BCUT2D eigenvalue weighted by Gasteiger charge is 2.15. The molecule has 0 atom stereocenters. The van der Waals surface area contributed by atoms with Crippen molar-refractivity contribution < 1.29 is 19.0 Å². The monoisotopic (exact) mass is 363 g/mol. The number of aryl methyl sites for hydroxylation is 1. The van der Waals surface area contributed by atoms with Crippen molar-refractivity contribution in [1.82, 2.24) is 4.98 Å². The van der Waals surface area contributed by atoms with Gasteiger partial charge in [0.05, 0.1) is 32.7 Å². The minimum atomic E-state index is -0.407. The molecule has 1 aromatic carbocycles. The largest absolute Gasteiger partial charge is 0.493 e. The fraction of sp³-hybridized carbons (Fsp3) is 0.353. The third-order valence-corrected chi connectivity index (χ3v) is 4.25.